The molecule has 19 heavy (non-hydrogen) atoms. The summed E-state index contributed by atoms with van der Waals surface area (Å²) in [6.07, 6.45) is 17.6. The van der Waals surface area contributed by atoms with E-state index in [0.29, 0.717) is 5.92 Å². The van der Waals surface area contributed by atoms with Crippen molar-refractivity contribution in [1.82, 2.24) is 0 Å². The minimum absolute atomic E-state index is 0.0804. The second kappa shape index (κ2) is 14.4. The summed E-state index contributed by atoms with van der Waals surface area (Å²) in [4.78, 5) is 0. The Morgan fingerprint density at radius 3 is 1.37 bits per heavy atom. The van der Waals surface area contributed by atoms with Crippen molar-refractivity contribution >= 4 is 0 Å². The molecule has 1 atom stereocenters. The van der Waals surface area contributed by atoms with Gasteiger partial charge in [-0.05, 0) is 12.3 Å². The molecular weight excluding hydrogens is 232 g/mol. The Bertz CT molecular complexity index is 165. The average molecular weight is 271 g/mol. The summed E-state index contributed by atoms with van der Waals surface area (Å²) < 4.78 is 0. The van der Waals surface area contributed by atoms with E-state index in [1.807, 2.05) is 0 Å². The minimum atomic E-state index is -0.0804. The Morgan fingerprint density at radius 1 is 0.632 bits per heavy atom. The van der Waals surface area contributed by atoms with Crippen molar-refractivity contribution in [2.75, 3.05) is 0 Å². The smallest absolute Gasteiger partial charge is 0.0563 e. The van der Waals surface area contributed by atoms with E-state index in [9.17, 15) is 5.11 Å². The zero-order valence-electron chi connectivity index (χ0n) is 13.8. The summed E-state index contributed by atoms with van der Waals surface area (Å²) in [6.45, 7) is 6.48. The van der Waals surface area contributed by atoms with E-state index < -0.39 is 0 Å². The number of rotatable bonds is 14. The number of aliphatic hydroxyl groups is 1. The molecule has 0 aromatic carbocycles. The summed E-state index contributed by atoms with van der Waals surface area (Å²) in [5.74, 6) is 0.424. The monoisotopic (exact) mass is 270 g/mol. The van der Waals surface area contributed by atoms with Gasteiger partial charge in [-0.1, -0.05) is 97.8 Å². The standard InChI is InChI=1S/C18H38O/c1-4-5-6-7-8-9-10-11-12-13-14-15-16-18(19)17(2)3/h17-19H,4-16H2,1-3H3/t18-/m1/s1. The molecule has 0 bridgehead atoms. The highest BCUT2D eigenvalue weighted by molar-refractivity contribution is 4.59. The lowest BCUT2D eigenvalue weighted by Gasteiger charge is -2.13. The third kappa shape index (κ3) is 14.2. The second-order valence-electron chi connectivity index (χ2n) is 6.49. The van der Waals surface area contributed by atoms with Crippen molar-refractivity contribution in [2.24, 2.45) is 5.92 Å². The van der Waals surface area contributed by atoms with E-state index in [2.05, 4.69) is 20.8 Å². The van der Waals surface area contributed by atoms with Crippen LogP contribution in [0.3, 0.4) is 0 Å². The van der Waals surface area contributed by atoms with Crippen LogP contribution in [0.1, 0.15) is 104 Å². The Kier molecular flexibility index (Phi) is 14.3. The lowest BCUT2D eigenvalue weighted by molar-refractivity contribution is 0.113. The average Bonchev–Trinajstić information content (AvgIpc) is 2.39. The van der Waals surface area contributed by atoms with Crippen molar-refractivity contribution < 1.29 is 5.11 Å². The highest BCUT2D eigenvalue weighted by Gasteiger charge is 2.07. The van der Waals surface area contributed by atoms with Crippen LogP contribution >= 0.6 is 0 Å². The zero-order valence-corrected chi connectivity index (χ0v) is 13.8. The molecule has 0 saturated heterocycles. The molecule has 1 N–H and O–H groups in total. The van der Waals surface area contributed by atoms with Crippen LogP contribution < -0.4 is 0 Å². The van der Waals surface area contributed by atoms with Gasteiger partial charge in [0.2, 0.25) is 0 Å². The molecule has 0 fully saturated rings. The molecule has 0 aromatic heterocycles. The first-order chi connectivity index (χ1) is 9.18. The Labute approximate surface area is 122 Å². The largest absolute Gasteiger partial charge is 0.393 e. The summed E-state index contributed by atoms with van der Waals surface area (Å²) in [7, 11) is 0. The molecule has 0 rings (SSSR count). The van der Waals surface area contributed by atoms with Crippen molar-refractivity contribution in [1.29, 1.82) is 0 Å². The third-order valence-electron chi connectivity index (χ3n) is 4.12. The van der Waals surface area contributed by atoms with Crippen molar-refractivity contribution in [3.8, 4) is 0 Å². The van der Waals surface area contributed by atoms with E-state index in [1.165, 1.54) is 77.0 Å². The maximum Gasteiger partial charge on any atom is 0.0563 e. The minimum Gasteiger partial charge on any atom is -0.393 e. The molecule has 0 spiro atoms. The van der Waals surface area contributed by atoms with E-state index >= 15 is 0 Å². The van der Waals surface area contributed by atoms with Crippen LogP contribution in [0.25, 0.3) is 0 Å². The first-order valence-corrected chi connectivity index (χ1v) is 8.86. The van der Waals surface area contributed by atoms with Gasteiger partial charge in [-0.3, -0.25) is 0 Å². The van der Waals surface area contributed by atoms with E-state index in [1.54, 1.807) is 0 Å². The van der Waals surface area contributed by atoms with Crippen LogP contribution in [0.2, 0.25) is 0 Å². The van der Waals surface area contributed by atoms with Crippen molar-refractivity contribution in [3.05, 3.63) is 0 Å². The molecule has 0 heterocycles. The fourth-order valence-corrected chi connectivity index (χ4v) is 2.53. The lowest BCUT2D eigenvalue weighted by atomic mass is 10.00. The van der Waals surface area contributed by atoms with Gasteiger partial charge in [0.05, 0.1) is 6.10 Å². The molecule has 0 aliphatic carbocycles. The summed E-state index contributed by atoms with van der Waals surface area (Å²) in [6, 6.07) is 0. The van der Waals surface area contributed by atoms with Crippen molar-refractivity contribution in [2.45, 2.75) is 110 Å². The first-order valence-electron chi connectivity index (χ1n) is 8.86. The van der Waals surface area contributed by atoms with Gasteiger partial charge in [0, 0.05) is 0 Å². The summed E-state index contributed by atoms with van der Waals surface area (Å²) >= 11 is 0. The van der Waals surface area contributed by atoms with Crippen LogP contribution in [-0.4, -0.2) is 11.2 Å². The molecule has 1 nitrogen and oxygen atoms in total. The predicted octanol–water partition coefficient (Wildman–Crippen LogP) is 6.09. The maximum atomic E-state index is 9.69. The molecule has 0 aromatic rings. The van der Waals surface area contributed by atoms with Crippen LogP contribution in [-0.2, 0) is 0 Å². The molecule has 0 aliphatic rings. The molecule has 0 unspecified atom stereocenters. The molecule has 0 aliphatic heterocycles. The van der Waals surface area contributed by atoms with Gasteiger partial charge in [0.25, 0.3) is 0 Å². The molecule has 0 amide bonds. The van der Waals surface area contributed by atoms with E-state index in [-0.39, 0.29) is 6.10 Å². The summed E-state index contributed by atoms with van der Waals surface area (Å²) in [5.41, 5.74) is 0. The van der Waals surface area contributed by atoms with Gasteiger partial charge in [-0.15, -0.1) is 0 Å². The number of unbranched alkanes of at least 4 members (excludes halogenated alkanes) is 11. The Hall–Kier alpha value is -0.0400. The van der Waals surface area contributed by atoms with Crippen LogP contribution in [0.15, 0.2) is 0 Å². The number of hydrogen-bond donors (Lipinski definition) is 1. The fraction of sp³-hybridized carbons (Fsp3) is 1.00. The van der Waals surface area contributed by atoms with Gasteiger partial charge in [-0.25, -0.2) is 0 Å². The molecule has 0 radical (unpaired) electrons. The molecule has 0 saturated carbocycles. The van der Waals surface area contributed by atoms with Crippen LogP contribution in [0.4, 0.5) is 0 Å². The molecule has 1 heteroatoms. The number of aliphatic hydroxyl groups excluding tert-OH is 1. The Morgan fingerprint density at radius 2 is 1.00 bits per heavy atom. The zero-order chi connectivity index (χ0) is 14.3. The lowest BCUT2D eigenvalue weighted by Crippen LogP contribution is -2.13. The normalized spacial score (nSPS) is 13.1. The van der Waals surface area contributed by atoms with E-state index in [0.717, 1.165) is 6.42 Å². The maximum absolute atomic E-state index is 9.69. The van der Waals surface area contributed by atoms with Gasteiger partial charge in [-0.2, -0.15) is 0 Å². The fourth-order valence-electron chi connectivity index (χ4n) is 2.53. The van der Waals surface area contributed by atoms with Gasteiger partial charge in [0.15, 0.2) is 0 Å². The summed E-state index contributed by atoms with van der Waals surface area (Å²) in [5, 5.41) is 9.69. The first kappa shape index (κ1) is 19.0. The Balaban J connectivity index is 3.03. The predicted molar refractivity (Wildman–Crippen MR) is 86.5 cm³/mol. The van der Waals surface area contributed by atoms with Crippen LogP contribution in [0.5, 0.6) is 0 Å². The van der Waals surface area contributed by atoms with Gasteiger partial charge < -0.3 is 5.11 Å². The van der Waals surface area contributed by atoms with Crippen LogP contribution in [0, 0.1) is 5.92 Å². The quantitative estimate of drug-likeness (QED) is 0.378. The number of hydrogen-bond acceptors (Lipinski definition) is 1. The second-order valence-corrected chi connectivity index (χ2v) is 6.49. The van der Waals surface area contributed by atoms with Gasteiger partial charge >= 0.3 is 0 Å². The van der Waals surface area contributed by atoms with E-state index in [4.69, 9.17) is 0 Å². The molecular formula is C18H38O. The SMILES string of the molecule is CCCCCCCCCCCCCC[C@@H](O)C(C)C. The highest BCUT2D eigenvalue weighted by atomic mass is 16.3. The molecule has 116 valence electrons. The van der Waals surface area contributed by atoms with Crippen molar-refractivity contribution in [3.63, 3.8) is 0 Å². The topological polar surface area (TPSA) is 20.2 Å². The van der Waals surface area contributed by atoms with Gasteiger partial charge in [0.1, 0.15) is 0 Å². The highest BCUT2D eigenvalue weighted by Crippen LogP contribution is 2.14. The third-order valence-corrected chi connectivity index (χ3v) is 4.12.